The number of carbonyl (C=O) groups excluding carboxylic acids is 3. The van der Waals surface area contributed by atoms with Crippen LogP contribution in [-0.2, 0) is 33.3 Å². The number of esters is 2. The molecule has 9 heteroatoms. The second-order valence-electron chi connectivity index (χ2n) is 15.2. The maximum absolute atomic E-state index is 12.7. The Morgan fingerprint density at radius 2 is 0.947 bits per heavy atom. The molecule has 0 aliphatic rings. The monoisotopic (exact) mass is 798 g/mol. The molecular formula is C48H79NO8. The van der Waals surface area contributed by atoms with E-state index in [9.17, 15) is 19.5 Å². The molecule has 0 aliphatic carbocycles. The normalized spacial score (nSPS) is 13.8. The topological polar surface area (TPSA) is 111 Å². The van der Waals surface area contributed by atoms with Crippen molar-refractivity contribution in [2.75, 3.05) is 47.5 Å². The summed E-state index contributed by atoms with van der Waals surface area (Å²) < 4.78 is 22.5. The molecule has 0 radical (unpaired) electrons. The number of likely N-dealkylation sites (N-methyl/N-ethyl adjacent to an activating group) is 1. The van der Waals surface area contributed by atoms with Crippen molar-refractivity contribution in [1.29, 1.82) is 0 Å². The predicted molar refractivity (Wildman–Crippen MR) is 232 cm³/mol. The fourth-order valence-corrected chi connectivity index (χ4v) is 5.30. The van der Waals surface area contributed by atoms with E-state index in [1.54, 1.807) is 0 Å². The number of carboxylic acids is 1. The van der Waals surface area contributed by atoms with Crippen molar-refractivity contribution in [2.24, 2.45) is 0 Å². The van der Waals surface area contributed by atoms with Crippen LogP contribution in [0.4, 0.5) is 0 Å². The van der Waals surface area contributed by atoms with Gasteiger partial charge in [0.1, 0.15) is 13.2 Å². The lowest BCUT2D eigenvalue weighted by atomic mass is 10.1. The highest BCUT2D eigenvalue weighted by Crippen LogP contribution is 2.12. The van der Waals surface area contributed by atoms with Gasteiger partial charge in [0.25, 0.3) is 0 Å². The van der Waals surface area contributed by atoms with Gasteiger partial charge in [0, 0.05) is 12.8 Å². The van der Waals surface area contributed by atoms with Gasteiger partial charge in [-0.1, -0.05) is 131 Å². The van der Waals surface area contributed by atoms with E-state index in [-0.39, 0.29) is 38.6 Å². The SMILES string of the molecule is CC/C=C\C/C=C\C/C=C\C/C=C\CCCCC(=O)OC(COC(=O)CCCCCCCCC/C=C\C/C=C\C/C=C\CC)COC(OCC[N+](C)(C)C)C(=O)[O-]. The molecule has 0 aliphatic heterocycles. The van der Waals surface area contributed by atoms with Gasteiger partial charge < -0.3 is 33.3 Å². The fourth-order valence-electron chi connectivity index (χ4n) is 5.30. The highest BCUT2D eigenvalue weighted by atomic mass is 16.7. The number of carbonyl (C=O) groups is 3. The van der Waals surface area contributed by atoms with Gasteiger partial charge >= 0.3 is 11.9 Å². The number of nitrogens with zero attached hydrogens (tertiary/aromatic N) is 1. The van der Waals surface area contributed by atoms with Crippen LogP contribution in [0.1, 0.15) is 142 Å². The van der Waals surface area contributed by atoms with Crippen LogP contribution in [-0.4, -0.2) is 82.3 Å². The van der Waals surface area contributed by atoms with Crippen LogP contribution < -0.4 is 5.11 Å². The average molecular weight is 798 g/mol. The molecule has 0 bridgehead atoms. The molecule has 0 amide bonds. The van der Waals surface area contributed by atoms with Crippen molar-refractivity contribution in [1.82, 2.24) is 0 Å². The largest absolute Gasteiger partial charge is 0.545 e. The molecule has 0 aromatic heterocycles. The number of rotatable bonds is 38. The third-order valence-electron chi connectivity index (χ3n) is 8.64. The number of ether oxygens (including phenoxy) is 4. The molecule has 0 aromatic rings. The number of hydrogen-bond donors (Lipinski definition) is 0. The molecule has 0 saturated carbocycles. The zero-order chi connectivity index (χ0) is 42.1. The molecule has 2 atom stereocenters. The third-order valence-corrected chi connectivity index (χ3v) is 8.64. The van der Waals surface area contributed by atoms with Crippen molar-refractivity contribution in [3.8, 4) is 0 Å². The summed E-state index contributed by atoms with van der Waals surface area (Å²) in [5, 5.41) is 11.7. The van der Waals surface area contributed by atoms with Crippen LogP contribution in [0, 0.1) is 0 Å². The summed E-state index contributed by atoms with van der Waals surface area (Å²) in [5.74, 6) is -2.37. The summed E-state index contributed by atoms with van der Waals surface area (Å²) in [5.41, 5.74) is 0. The van der Waals surface area contributed by atoms with Gasteiger partial charge in [-0.05, 0) is 83.5 Å². The van der Waals surface area contributed by atoms with Crippen molar-refractivity contribution in [3.63, 3.8) is 0 Å². The van der Waals surface area contributed by atoms with E-state index in [0.717, 1.165) is 89.9 Å². The van der Waals surface area contributed by atoms with Crippen LogP contribution in [0.2, 0.25) is 0 Å². The van der Waals surface area contributed by atoms with Crippen LogP contribution in [0.25, 0.3) is 0 Å². The molecule has 57 heavy (non-hydrogen) atoms. The van der Waals surface area contributed by atoms with Gasteiger partial charge in [-0.2, -0.15) is 0 Å². The highest BCUT2D eigenvalue weighted by molar-refractivity contribution is 5.70. The summed E-state index contributed by atoms with van der Waals surface area (Å²) >= 11 is 0. The Bertz CT molecular complexity index is 1210. The minimum atomic E-state index is -1.64. The second-order valence-corrected chi connectivity index (χ2v) is 15.2. The molecule has 2 unspecified atom stereocenters. The van der Waals surface area contributed by atoms with Crippen LogP contribution in [0.5, 0.6) is 0 Å². The van der Waals surface area contributed by atoms with E-state index >= 15 is 0 Å². The quantitative estimate of drug-likeness (QED) is 0.0200. The molecule has 0 spiro atoms. The molecule has 324 valence electrons. The molecule has 0 fully saturated rings. The standard InChI is InChI=1S/C48H79NO8/c1-6-8-10-12-14-16-18-20-22-23-25-26-28-30-32-34-36-38-45(50)55-42-44(43-56-48(47(52)53)54-41-40-49(3,4)5)57-46(51)39-37-35-33-31-29-27-24-21-19-17-15-13-11-9-7-2/h8-11,14-17,20-22,24,29,31,44,48H,6-7,12-13,18-19,23,25-28,30,32-43H2,1-5H3/b10-8-,11-9-,16-14-,17-15-,22-20-,24-21-,31-29-. The highest BCUT2D eigenvalue weighted by Gasteiger charge is 2.21. The molecule has 0 aromatic carbocycles. The Morgan fingerprint density at radius 3 is 1.44 bits per heavy atom. The smallest absolute Gasteiger partial charge is 0.306 e. The number of quaternary nitrogens is 1. The van der Waals surface area contributed by atoms with E-state index in [1.165, 1.54) is 19.3 Å². The first kappa shape index (κ1) is 53.5. The zero-order valence-electron chi connectivity index (χ0n) is 36.4. The number of hydrogen-bond acceptors (Lipinski definition) is 8. The van der Waals surface area contributed by atoms with Gasteiger partial charge in [-0.15, -0.1) is 0 Å². The lowest BCUT2D eigenvalue weighted by Crippen LogP contribution is -2.44. The third kappa shape index (κ3) is 40.5. The average Bonchev–Trinajstić information content (AvgIpc) is 3.17. The Labute approximate surface area is 347 Å². The van der Waals surface area contributed by atoms with Gasteiger partial charge in [0.2, 0.25) is 0 Å². The summed E-state index contributed by atoms with van der Waals surface area (Å²) in [6, 6.07) is 0. The summed E-state index contributed by atoms with van der Waals surface area (Å²) in [4.78, 5) is 36.9. The number of aliphatic carboxylic acids is 1. The van der Waals surface area contributed by atoms with Gasteiger partial charge in [0.05, 0.1) is 40.3 Å². The number of carboxylic acid groups (broad SMARTS) is 1. The molecular weight excluding hydrogens is 719 g/mol. The molecule has 0 saturated heterocycles. The van der Waals surface area contributed by atoms with E-state index in [0.29, 0.717) is 17.4 Å². The first-order valence-corrected chi connectivity index (χ1v) is 21.7. The van der Waals surface area contributed by atoms with Crippen molar-refractivity contribution >= 4 is 17.9 Å². The number of allylic oxidation sites excluding steroid dienone is 14. The van der Waals surface area contributed by atoms with Crippen LogP contribution in [0.3, 0.4) is 0 Å². The van der Waals surface area contributed by atoms with E-state index in [2.05, 4.69) is 98.9 Å². The van der Waals surface area contributed by atoms with Gasteiger partial charge in [-0.3, -0.25) is 9.59 Å². The molecule has 9 nitrogen and oxygen atoms in total. The first-order chi connectivity index (χ1) is 27.6. The summed E-state index contributed by atoms with van der Waals surface area (Å²) in [7, 11) is 5.88. The van der Waals surface area contributed by atoms with E-state index in [1.807, 2.05) is 21.1 Å². The van der Waals surface area contributed by atoms with Crippen molar-refractivity contribution < 1.29 is 42.9 Å². The first-order valence-electron chi connectivity index (χ1n) is 21.7. The maximum atomic E-state index is 12.7. The number of unbranched alkanes of at least 4 members (excludes halogenated alkanes) is 9. The maximum Gasteiger partial charge on any atom is 0.306 e. The molecule has 0 rings (SSSR count). The van der Waals surface area contributed by atoms with Crippen molar-refractivity contribution in [3.05, 3.63) is 85.1 Å². The van der Waals surface area contributed by atoms with Crippen molar-refractivity contribution in [2.45, 2.75) is 155 Å². The molecule has 0 N–H and O–H groups in total. The fraction of sp³-hybridized carbons (Fsp3) is 0.646. The molecule has 0 heterocycles. The minimum Gasteiger partial charge on any atom is -0.545 e. The summed E-state index contributed by atoms with van der Waals surface area (Å²) in [6.07, 6.45) is 46.2. The lowest BCUT2D eigenvalue weighted by molar-refractivity contribution is -0.870. The Hall–Kier alpha value is -3.53. The summed E-state index contributed by atoms with van der Waals surface area (Å²) in [6.45, 7) is 4.42. The van der Waals surface area contributed by atoms with Crippen LogP contribution in [0.15, 0.2) is 85.1 Å². The van der Waals surface area contributed by atoms with Crippen LogP contribution >= 0.6 is 0 Å². The Kier molecular flexibility index (Phi) is 36.9. The lowest BCUT2D eigenvalue weighted by Gasteiger charge is -2.26. The van der Waals surface area contributed by atoms with E-state index in [4.69, 9.17) is 18.9 Å². The van der Waals surface area contributed by atoms with E-state index < -0.39 is 24.3 Å². The minimum absolute atomic E-state index is 0.133. The van der Waals surface area contributed by atoms with Gasteiger partial charge in [-0.25, -0.2) is 0 Å². The van der Waals surface area contributed by atoms with Gasteiger partial charge in [0.15, 0.2) is 12.4 Å². The second kappa shape index (κ2) is 39.3. The predicted octanol–water partition coefficient (Wildman–Crippen LogP) is 9.99. The Morgan fingerprint density at radius 1 is 0.526 bits per heavy atom. The Balaban J connectivity index is 4.55. The zero-order valence-corrected chi connectivity index (χ0v) is 36.4.